The molecule has 1 saturated carbocycles. The predicted molar refractivity (Wildman–Crippen MR) is 162 cm³/mol. The number of hydrogen-bond donors (Lipinski definition) is 1. The van der Waals surface area contributed by atoms with Gasteiger partial charge in [0.05, 0.1) is 5.02 Å². The van der Waals surface area contributed by atoms with Gasteiger partial charge in [-0.3, -0.25) is 9.78 Å². The fourth-order valence-corrected chi connectivity index (χ4v) is 6.71. The maximum absolute atomic E-state index is 14.2. The van der Waals surface area contributed by atoms with Crippen molar-refractivity contribution in [3.8, 4) is 11.1 Å². The molecule has 5 rings (SSSR count). The molecule has 0 spiro atoms. The lowest BCUT2D eigenvalue weighted by Gasteiger charge is -2.37. The van der Waals surface area contributed by atoms with Crippen LogP contribution in [0.25, 0.3) is 21.2 Å². The average Bonchev–Trinajstić information content (AvgIpc) is 3.28. The van der Waals surface area contributed by atoms with Crippen molar-refractivity contribution in [2.24, 2.45) is 0 Å². The van der Waals surface area contributed by atoms with Gasteiger partial charge in [0.1, 0.15) is 10.5 Å². The van der Waals surface area contributed by atoms with E-state index < -0.39 is 11.7 Å². The monoisotopic (exact) mass is 575 g/mol. The molecule has 40 heavy (non-hydrogen) atoms. The summed E-state index contributed by atoms with van der Waals surface area (Å²) < 4.78 is 6.45. The van der Waals surface area contributed by atoms with Crippen molar-refractivity contribution in [1.29, 1.82) is 0 Å². The van der Waals surface area contributed by atoms with E-state index in [-0.39, 0.29) is 18.0 Å². The number of carbonyl (C=O) groups excluding carboxylic acids is 2. The number of aromatic nitrogens is 1. The van der Waals surface area contributed by atoms with E-state index in [1.54, 1.807) is 12.4 Å². The minimum absolute atomic E-state index is 0.0194. The third kappa shape index (κ3) is 6.65. The first kappa shape index (κ1) is 28.1. The van der Waals surface area contributed by atoms with Crippen LogP contribution in [0.2, 0.25) is 5.02 Å². The Labute approximate surface area is 244 Å². The van der Waals surface area contributed by atoms with Gasteiger partial charge < -0.3 is 15.0 Å². The van der Waals surface area contributed by atoms with Crippen LogP contribution in [-0.2, 0) is 11.3 Å². The van der Waals surface area contributed by atoms with Gasteiger partial charge in [-0.05, 0) is 87.4 Å². The lowest BCUT2D eigenvalue weighted by molar-refractivity contribution is 0.0454. The van der Waals surface area contributed by atoms with Gasteiger partial charge in [0.2, 0.25) is 0 Å². The van der Waals surface area contributed by atoms with E-state index in [0.717, 1.165) is 52.5 Å². The van der Waals surface area contributed by atoms with E-state index in [1.165, 1.54) is 11.3 Å². The van der Waals surface area contributed by atoms with Crippen LogP contribution in [0.3, 0.4) is 0 Å². The fraction of sp³-hybridized carbons (Fsp3) is 0.344. The highest BCUT2D eigenvalue weighted by molar-refractivity contribution is 7.21. The highest BCUT2D eigenvalue weighted by atomic mass is 35.5. The zero-order valence-corrected chi connectivity index (χ0v) is 24.6. The van der Waals surface area contributed by atoms with Gasteiger partial charge >= 0.3 is 6.09 Å². The molecule has 1 aliphatic carbocycles. The second-order valence-corrected chi connectivity index (χ2v) is 12.7. The lowest BCUT2D eigenvalue weighted by Crippen LogP contribution is -2.46. The van der Waals surface area contributed by atoms with Crippen molar-refractivity contribution in [3.05, 3.63) is 88.5 Å². The van der Waals surface area contributed by atoms with Gasteiger partial charge in [-0.25, -0.2) is 4.79 Å². The summed E-state index contributed by atoms with van der Waals surface area (Å²) in [5.41, 5.74) is 2.67. The fourth-order valence-electron chi connectivity index (χ4n) is 5.25. The van der Waals surface area contributed by atoms with Crippen LogP contribution in [0.4, 0.5) is 4.79 Å². The smallest absolute Gasteiger partial charge is 0.407 e. The number of rotatable bonds is 6. The molecule has 1 aliphatic rings. The molecule has 1 N–H and O–H groups in total. The van der Waals surface area contributed by atoms with Crippen molar-refractivity contribution >= 4 is 45.0 Å². The second-order valence-electron chi connectivity index (χ2n) is 11.3. The number of nitrogens with one attached hydrogen (secondary N) is 1. The van der Waals surface area contributed by atoms with Crippen LogP contribution in [0.15, 0.2) is 73.1 Å². The molecule has 0 bridgehead atoms. The quantitative estimate of drug-likeness (QED) is 0.252. The number of carbonyl (C=O) groups is 2. The number of hydrogen-bond acceptors (Lipinski definition) is 5. The summed E-state index contributed by atoms with van der Waals surface area (Å²) in [5, 5.41) is 4.43. The minimum atomic E-state index is -0.543. The van der Waals surface area contributed by atoms with Crippen LogP contribution < -0.4 is 5.32 Å². The third-order valence-corrected chi connectivity index (χ3v) is 8.81. The Bertz CT molecular complexity index is 1490. The number of halogens is 1. The standard InChI is InChI=1S/C32H34ClN3O3S/c1-32(2,3)39-31(38)35-24-11-13-25(14-12-24)36(30(37)29-28(33)26-9-4-5-10-27(26)40-29)20-21-7-6-8-23(19-21)22-15-17-34-18-16-22/h4-10,15-19,24-25H,11-14,20H2,1-3H3,(H,35,38). The maximum Gasteiger partial charge on any atom is 0.407 e. The van der Waals surface area contributed by atoms with E-state index >= 15 is 0 Å². The first-order chi connectivity index (χ1) is 19.2. The molecule has 2 heterocycles. The molecule has 6 nitrogen and oxygen atoms in total. The van der Waals surface area contributed by atoms with E-state index in [0.29, 0.717) is 16.4 Å². The van der Waals surface area contributed by atoms with Crippen LogP contribution in [-0.4, -0.2) is 39.6 Å². The van der Waals surface area contributed by atoms with Crippen molar-refractivity contribution in [2.75, 3.05) is 0 Å². The number of thiophene rings is 1. The molecule has 4 aromatic rings. The molecule has 0 unspecified atom stereocenters. The molecule has 2 aromatic heterocycles. The highest BCUT2D eigenvalue weighted by Crippen LogP contribution is 2.37. The van der Waals surface area contributed by atoms with Gasteiger partial charge in [0.15, 0.2) is 0 Å². The Morgan fingerprint density at radius 2 is 1.73 bits per heavy atom. The SMILES string of the molecule is CC(C)(C)OC(=O)NC1CCC(N(Cc2cccc(-c3ccncc3)c2)C(=O)c2sc3ccccc3c2Cl)CC1. The summed E-state index contributed by atoms with van der Waals surface area (Å²) in [5.74, 6) is -0.0518. The number of alkyl carbamates (subject to hydrolysis) is 1. The highest BCUT2D eigenvalue weighted by Gasteiger charge is 2.33. The molecular formula is C32H34ClN3O3S. The first-order valence-corrected chi connectivity index (χ1v) is 14.8. The van der Waals surface area contributed by atoms with Gasteiger partial charge in [0, 0.05) is 41.1 Å². The summed E-state index contributed by atoms with van der Waals surface area (Å²) in [6.45, 7) is 6.04. The van der Waals surface area contributed by atoms with Gasteiger partial charge in [-0.2, -0.15) is 0 Å². The molecule has 208 valence electrons. The molecule has 0 atom stereocenters. The second kappa shape index (κ2) is 12.0. The van der Waals surface area contributed by atoms with Gasteiger partial charge in [-0.15, -0.1) is 11.3 Å². The number of fused-ring (bicyclic) bond motifs is 1. The van der Waals surface area contributed by atoms with Crippen molar-refractivity contribution in [1.82, 2.24) is 15.2 Å². The van der Waals surface area contributed by atoms with E-state index in [9.17, 15) is 9.59 Å². The van der Waals surface area contributed by atoms with Crippen molar-refractivity contribution in [3.63, 3.8) is 0 Å². The van der Waals surface area contributed by atoms with Gasteiger partial charge in [0.25, 0.3) is 5.91 Å². The summed E-state index contributed by atoms with van der Waals surface area (Å²) in [4.78, 5) is 33.2. The van der Waals surface area contributed by atoms with Crippen molar-refractivity contribution in [2.45, 2.75) is 70.7 Å². The molecular weight excluding hydrogens is 542 g/mol. The zero-order chi connectivity index (χ0) is 28.3. The number of nitrogens with zero attached hydrogens (tertiary/aromatic N) is 2. The predicted octanol–water partition coefficient (Wildman–Crippen LogP) is 8.10. The molecule has 0 saturated heterocycles. The Balaban J connectivity index is 1.38. The maximum atomic E-state index is 14.2. The van der Waals surface area contributed by atoms with E-state index in [1.807, 2.05) is 68.1 Å². The Morgan fingerprint density at radius 1 is 1.00 bits per heavy atom. The minimum Gasteiger partial charge on any atom is -0.444 e. The normalized spacial score (nSPS) is 17.4. The summed E-state index contributed by atoms with van der Waals surface area (Å²) in [6, 6.07) is 20.2. The Morgan fingerprint density at radius 3 is 2.42 bits per heavy atom. The molecule has 1 fully saturated rings. The largest absolute Gasteiger partial charge is 0.444 e. The topological polar surface area (TPSA) is 71.5 Å². The Kier molecular flexibility index (Phi) is 8.43. The van der Waals surface area contributed by atoms with E-state index in [4.69, 9.17) is 16.3 Å². The summed E-state index contributed by atoms with van der Waals surface area (Å²) in [7, 11) is 0. The van der Waals surface area contributed by atoms with Gasteiger partial charge in [-0.1, -0.05) is 48.0 Å². The van der Waals surface area contributed by atoms with Crippen LogP contribution >= 0.6 is 22.9 Å². The Hall–Kier alpha value is -3.42. The first-order valence-electron chi connectivity index (χ1n) is 13.6. The average molecular weight is 576 g/mol. The van der Waals surface area contributed by atoms with Crippen LogP contribution in [0, 0.1) is 0 Å². The van der Waals surface area contributed by atoms with Crippen LogP contribution in [0.5, 0.6) is 0 Å². The molecule has 0 aliphatic heterocycles. The summed E-state index contributed by atoms with van der Waals surface area (Å²) in [6.07, 6.45) is 6.26. The summed E-state index contributed by atoms with van der Waals surface area (Å²) >= 11 is 8.22. The van der Waals surface area contributed by atoms with Crippen LogP contribution in [0.1, 0.15) is 61.7 Å². The van der Waals surface area contributed by atoms with Crippen molar-refractivity contribution < 1.29 is 14.3 Å². The third-order valence-electron chi connectivity index (χ3n) is 7.14. The molecule has 2 amide bonds. The lowest BCUT2D eigenvalue weighted by atomic mass is 9.89. The number of benzene rings is 2. The van der Waals surface area contributed by atoms with E-state index in [2.05, 4.69) is 28.5 Å². The number of ether oxygens (including phenoxy) is 1. The zero-order valence-electron chi connectivity index (χ0n) is 23.0. The molecule has 2 aromatic carbocycles. The molecule has 0 radical (unpaired) electrons. The number of amides is 2. The molecule has 8 heteroatoms. The number of pyridine rings is 1.